The van der Waals surface area contributed by atoms with Crippen molar-refractivity contribution in [2.24, 2.45) is 0 Å². The van der Waals surface area contributed by atoms with Gasteiger partial charge in [-0.25, -0.2) is 22.5 Å². The van der Waals surface area contributed by atoms with E-state index in [-0.39, 0.29) is 24.6 Å². The molecule has 0 radical (unpaired) electrons. The van der Waals surface area contributed by atoms with Crippen molar-refractivity contribution in [1.82, 2.24) is 9.21 Å². The van der Waals surface area contributed by atoms with E-state index >= 15 is 0 Å². The molecule has 9 heteroatoms. The van der Waals surface area contributed by atoms with Crippen molar-refractivity contribution in [3.05, 3.63) is 29.6 Å². The number of imide groups is 1. The quantitative estimate of drug-likeness (QED) is 0.806. The highest BCUT2D eigenvalue weighted by molar-refractivity contribution is 7.89. The van der Waals surface area contributed by atoms with Crippen molar-refractivity contribution in [1.29, 1.82) is 0 Å². The fraction of sp³-hybridized carbons (Fsp3) is 0.385. The Hall–Kier alpha value is -2.00. The van der Waals surface area contributed by atoms with Gasteiger partial charge in [0, 0.05) is 13.1 Å². The van der Waals surface area contributed by atoms with Gasteiger partial charge in [0.15, 0.2) is 6.61 Å². The number of halogens is 1. The lowest BCUT2D eigenvalue weighted by Crippen LogP contribution is -2.62. The number of nitrogens with zero attached hydrogens (tertiary/aromatic N) is 2. The van der Waals surface area contributed by atoms with Crippen molar-refractivity contribution < 1.29 is 27.1 Å². The van der Waals surface area contributed by atoms with Gasteiger partial charge in [-0.05, 0) is 30.7 Å². The average molecular weight is 328 g/mol. The van der Waals surface area contributed by atoms with E-state index in [1.54, 1.807) is 0 Å². The van der Waals surface area contributed by atoms with Crippen LogP contribution in [0, 0.1) is 12.7 Å². The third-order valence-electron chi connectivity index (χ3n) is 3.73. The topological polar surface area (TPSA) is 84.0 Å². The van der Waals surface area contributed by atoms with Gasteiger partial charge in [0.25, 0.3) is 5.91 Å². The van der Waals surface area contributed by atoms with Crippen LogP contribution in [0.2, 0.25) is 0 Å². The van der Waals surface area contributed by atoms with Gasteiger partial charge in [-0.2, -0.15) is 4.31 Å². The van der Waals surface area contributed by atoms with Gasteiger partial charge in [0.1, 0.15) is 5.82 Å². The van der Waals surface area contributed by atoms with E-state index < -0.39 is 33.9 Å². The van der Waals surface area contributed by atoms with Crippen LogP contribution in [0.1, 0.15) is 5.56 Å². The van der Waals surface area contributed by atoms with E-state index in [0.29, 0.717) is 5.56 Å². The van der Waals surface area contributed by atoms with Crippen LogP contribution in [0.3, 0.4) is 0 Å². The number of ether oxygens (including phenoxy) is 1. The molecule has 2 heterocycles. The van der Waals surface area contributed by atoms with E-state index in [4.69, 9.17) is 0 Å². The molecule has 0 aliphatic carbocycles. The van der Waals surface area contributed by atoms with E-state index in [9.17, 15) is 22.4 Å². The minimum Gasteiger partial charge on any atom is -0.439 e. The molecule has 3 rings (SSSR count). The minimum absolute atomic E-state index is 0.0139. The molecule has 0 saturated carbocycles. The predicted octanol–water partition coefficient (Wildman–Crippen LogP) is 0.486. The molecule has 2 saturated heterocycles. The van der Waals surface area contributed by atoms with E-state index in [0.717, 1.165) is 21.3 Å². The fourth-order valence-corrected chi connectivity index (χ4v) is 4.26. The SMILES string of the molecule is Cc1cc(F)ccc1S(=O)(=O)N1CC(N2C(=O)COC2=O)C1. The maximum atomic E-state index is 13.1. The standard InChI is InChI=1S/C13H13FN2O5S/c1-8-4-9(14)2-3-11(8)22(19,20)15-5-10(6-15)16-12(17)7-21-13(16)18/h2-4,10H,5-7H2,1H3. The summed E-state index contributed by atoms with van der Waals surface area (Å²) in [4.78, 5) is 23.9. The summed E-state index contributed by atoms with van der Waals surface area (Å²) in [6.45, 7) is 1.23. The second-order valence-electron chi connectivity index (χ2n) is 5.20. The Kier molecular flexibility index (Phi) is 3.41. The first-order chi connectivity index (χ1) is 10.3. The molecule has 2 amide bonds. The first-order valence-electron chi connectivity index (χ1n) is 6.56. The van der Waals surface area contributed by atoms with Crippen LogP contribution in [0.5, 0.6) is 0 Å². The van der Waals surface area contributed by atoms with Crippen LogP contribution in [0.15, 0.2) is 23.1 Å². The molecule has 0 atom stereocenters. The molecule has 118 valence electrons. The van der Waals surface area contributed by atoms with Gasteiger partial charge in [-0.15, -0.1) is 0 Å². The third-order valence-corrected chi connectivity index (χ3v) is 5.73. The van der Waals surface area contributed by atoms with Gasteiger partial charge in [-0.1, -0.05) is 0 Å². The number of rotatable bonds is 3. The summed E-state index contributed by atoms with van der Waals surface area (Å²) in [6, 6.07) is 2.92. The van der Waals surface area contributed by atoms with Crippen LogP contribution in [0.4, 0.5) is 9.18 Å². The summed E-state index contributed by atoms with van der Waals surface area (Å²) >= 11 is 0. The average Bonchev–Trinajstić information content (AvgIpc) is 2.68. The highest BCUT2D eigenvalue weighted by Crippen LogP contribution is 2.28. The molecule has 2 fully saturated rings. The Morgan fingerprint density at radius 1 is 1.27 bits per heavy atom. The molecule has 2 aliphatic rings. The first-order valence-corrected chi connectivity index (χ1v) is 8.00. The number of hydrogen-bond acceptors (Lipinski definition) is 5. The third kappa shape index (κ3) is 2.26. The number of aryl methyl sites for hydroxylation is 1. The number of amides is 2. The lowest BCUT2D eigenvalue weighted by atomic mass is 10.1. The maximum Gasteiger partial charge on any atom is 0.417 e. The summed E-state index contributed by atoms with van der Waals surface area (Å²) in [5.41, 5.74) is 0.306. The summed E-state index contributed by atoms with van der Waals surface area (Å²) in [5.74, 6) is -0.978. The molecule has 0 N–H and O–H groups in total. The van der Waals surface area contributed by atoms with E-state index in [1.807, 2.05) is 0 Å². The highest BCUT2D eigenvalue weighted by atomic mass is 32.2. The second-order valence-corrected chi connectivity index (χ2v) is 7.11. The maximum absolute atomic E-state index is 13.1. The van der Waals surface area contributed by atoms with E-state index in [2.05, 4.69) is 4.74 Å². The van der Waals surface area contributed by atoms with Crippen LogP contribution >= 0.6 is 0 Å². The minimum atomic E-state index is -3.77. The Balaban J connectivity index is 1.77. The van der Waals surface area contributed by atoms with Crippen LogP contribution in [-0.4, -0.2) is 55.4 Å². The van der Waals surface area contributed by atoms with Gasteiger partial charge in [0.2, 0.25) is 10.0 Å². The summed E-state index contributed by atoms with van der Waals surface area (Å²) in [5, 5.41) is 0. The zero-order valence-corrected chi connectivity index (χ0v) is 12.5. The summed E-state index contributed by atoms with van der Waals surface area (Å²) in [6.07, 6.45) is -0.745. The summed E-state index contributed by atoms with van der Waals surface area (Å²) < 4.78 is 43.7. The molecule has 1 aromatic carbocycles. The molecule has 0 spiro atoms. The summed E-state index contributed by atoms with van der Waals surface area (Å²) in [7, 11) is -3.77. The highest BCUT2D eigenvalue weighted by Gasteiger charge is 2.46. The number of cyclic esters (lactones) is 1. The molecular weight excluding hydrogens is 315 g/mol. The van der Waals surface area contributed by atoms with Crippen LogP contribution < -0.4 is 0 Å². The number of hydrogen-bond donors (Lipinski definition) is 0. The Morgan fingerprint density at radius 3 is 2.50 bits per heavy atom. The van der Waals surface area contributed by atoms with Gasteiger partial charge in [0.05, 0.1) is 10.9 Å². The first kappa shape index (κ1) is 14.9. The Labute approximate surface area is 126 Å². The smallest absolute Gasteiger partial charge is 0.417 e. The largest absolute Gasteiger partial charge is 0.439 e. The van der Waals surface area contributed by atoms with Gasteiger partial charge in [-0.3, -0.25) is 4.79 Å². The molecule has 2 aliphatic heterocycles. The van der Waals surface area contributed by atoms with Crippen molar-refractivity contribution in [2.45, 2.75) is 17.9 Å². The van der Waals surface area contributed by atoms with Crippen molar-refractivity contribution >= 4 is 22.0 Å². The van der Waals surface area contributed by atoms with Gasteiger partial charge >= 0.3 is 6.09 Å². The predicted molar refractivity (Wildman–Crippen MR) is 71.9 cm³/mol. The van der Waals surface area contributed by atoms with Crippen LogP contribution in [-0.2, 0) is 19.6 Å². The molecule has 0 unspecified atom stereocenters. The number of carbonyl (C=O) groups excluding carboxylic acids is 2. The molecule has 7 nitrogen and oxygen atoms in total. The molecule has 1 aromatic rings. The zero-order valence-electron chi connectivity index (χ0n) is 11.7. The lowest BCUT2D eigenvalue weighted by Gasteiger charge is -2.40. The fourth-order valence-electron chi connectivity index (χ4n) is 2.53. The van der Waals surface area contributed by atoms with Crippen molar-refractivity contribution in [3.63, 3.8) is 0 Å². The molecule has 22 heavy (non-hydrogen) atoms. The van der Waals surface area contributed by atoms with Crippen LogP contribution in [0.25, 0.3) is 0 Å². The van der Waals surface area contributed by atoms with Gasteiger partial charge < -0.3 is 4.74 Å². The van der Waals surface area contributed by atoms with E-state index in [1.165, 1.54) is 13.0 Å². The number of carbonyl (C=O) groups is 2. The number of benzene rings is 1. The Morgan fingerprint density at radius 2 is 1.95 bits per heavy atom. The zero-order chi connectivity index (χ0) is 16.1. The molecule has 0 aromatic heterocycles. The normalized spacial score (nSPS) is 20.2. The second kappa shape index (κ2) is 5.03. The van der Waals surface area contributed by atoms with Crippen molar-refractivity contribution in [2.75, 3.05) is 19.7 Å². The Bertz CT molecular complexity index is 742. The lowest BCUT2D eigenvalue weighted by molar-refractivity contribution is -0.128. The number of sulfonamides is 1. The monoisotopic (exact) mass is 328 g/mol. The molecule has 0 bridgehead atoms. The van der Waals surface area contributed by atoms with Crippen molar-refractivity contribution in [3.8, 4) is 0 Å². The molecular formula is C13H13FN2O5S.